The second kappa shape index (κ2) is 8.62. The fourth-order valence-corrected chi connectivity index (χ4v) is 5.31. The topological polar surface area (TPSA) is 119 Å². The first-order valence-electron chi connectivity index (χ1n) is 12.2. The van der Waals surface area contributed by atoms with Crippen LogP contribution in [0.3, 0.4) is 0 Å². The van der Waals surface area contributed by atoms with Crippen molar-refractivity contribution in [2.75, 3.05) is 32.7 Å². The van der Waals surface area contributed by atoms with E-state index in [0.717, 1.165) is 37.5 Å². The molecule has 0 aromatic carbocycles. The van der Waals surface area contributed by atoms with Gasteiger partial charge in [-0.25, -0.2) is 9.98 Å². The van der Waals surface area contributed by atoms with E-state index in [4.69, 9.17) is 20.1 Å². The van der Waals surface area contributed by atoms with Crippen molar-refractivity contribution in [1.82, 2.24) is 19.7 Å². The van der Waals surface area contributed by atoms with Gasteiger partial charge in [0.15, 0.2) is 17.4 Å². The zero-order valence-electron chi connectivity index (χ0n) is 20.1. The Labute approximate surface area is 204 Å². The SMILES string of the molecule is CCN1C2=C(N=C(N)[C@H]3CN=C(c4ccco4)N=C23)N(CCN2CCc3ncc(C)cc3C2)C1O. The van der Waals surface area contributed by atoms with E-state index in [9.17, 15) is 5.11 Å². The van der Waals surface area contributed by atoms with Crippen molar-refractivity contribution < 1.29 is 9.52 Å². The summed E-state index contributed by atoms with van der Waals surface area (Å²) in [6.45, 7) is 8.40. The van der Waals surface area contributed by atoms with Gasteiger partial charge in [-0.2, -0.15) is 0 Å². The summed E-state index contributed by atoms with van der Waals surface area (Å²) in [7, 11) is 0. The van der Waals surface area contributed by atoms with Crippen LogP contribution in [-0.2, 0) is 13.0 Å². The molecule has 182 valence electrons. The number of aliphatic imine (C=N–C) groups is 3. The lowest BCUT2D eigenvalue weighted by Crippen LogP contribution is -2.45. The molecule has 0 bridgehead atoms. The summed E-state index contributed by atoms with van der Waals surface area (Å²) in [6.07, 6.45) is 3.67. The third kappa shape index (κ3) is 3.73. The third-order valence-electron chi connectivity index (χ3n) is 7.14. The normalized spacial score (nSPS) is 24.0. The summed E-state index contributed by atoms with van der Waals surface area (Å²) in [5.41, 5.74) is 11.7. The number of aryl methyl sites for hydroxylation is 1. The maximum atomic E-state index is 11.3. The first-order chi connectivity index (χ1) is 17.0. The summed E-state index contributed by atoms with van der Waals surface area (Å²) in [5, 5.41) is 11.3. The molecule has 10 heteroatoms. The molecule has 2 atom stereocenters. The predicted octanol–water partition coefficient (Wildman–Crippen LogP) is 1.31. The molecule has 0 fully saturated rings. The van der Waals surface area contributed by atoms with Crippen LogP contribution in [-0.4, -0.2) is 81.2 Å². The number of amidine groups is 2. The van der Waals surface area contributed by atoms with Gasteiger partial charge in [0.2, 0.25) is 6.35 Å². The zero-order valence-corrected chi connectivity index (χ0v) is 20.1. The molecule has 6 rings (SSSR count). The Kier molecular flexibility index (Phi) is 5.42. The number of aliphatic hydroxyl groups is 1. The lowest BCUT2D eigenvalue weighted by Gasteiger charge is -2.33. The minimum absolute atomic E-state index is 0.206. The number of hydrogen-bond acceptors (Lipinski definition) is 10. The van der Waals surface area contributed by atoms with Crippen molar-refractivity contribution in [3.05, 3.63) is 64.8 Å². The summed E-state index contributed by atoms with van der Waals surface area (Å²) >= 11 is 0. The zero-order chi connectivity index (χ0) is 24.1. The summed E-state index contributed by atoms with van der Waals surface area (Å²) < 4.78 is 5.53. The lowest BCUT2D eigenvalue weighted by atomic mass is 9.95. The quantitative estimate of drug-likeness (QED) is 0.671. The van der Waals surface area contributed by atoms with E-state index in [2.05, 4.69) is 27.9 Å². The van der Waals surface area contributed by atoms with Crippen LogP contribution in [0.4, 0.5) is 0 Å². The fourth-order valence-electron chi connectivity index (χ4n) is 5.31. The Morgan fingerprint density at radius 2 is 2.11 bits per heavy atom. The van der Waals surface area contributed by atoms with Crippen LogP contribution in [0, 0.1) is 12.8 Å². The highest BCUT2D eigenvalue weighted by Crippen LogP contribution is 2.36. The molecule has 0 saturated carbocycles. The predicted molar refractivity (Wildman–Crippen MR) is 133 cm³/mol. The van der Waals surface area contributed by atoms with E-state index in [1.165, 1.54) is 16.8 Å². The Morgan fingerprint density at radius 3 is 2.91 bits per heavy atom. The first kappa shape index (κ1) is 22.0. The van der Waals surface area contributed by atoms with Gasteiger partial charge in [-0.05, 0) is 37.1 Å². The van der Waals surface area contributed by atoms with Gasteiger partial charge in [-0.15, -0.1) is 0 Å². The van der Waals surface area contributed by atoms with Crippen LogP contribution in [0.15, 0.2) is 61.6 Å². The Balaban J connectivity index is 1.27. The molecule has 2 aromatic heterocycles. The van der Waals surface area contributed by atoms with Gasteiger partial charge < -0.3 is 25.1 Å². The van der Waals surface area contributed by atoms with E-state index >= 15 is 0 Å². The van der Waals surface area contributed by atoms with Crippen LogP contribution in [0.2, 0.25) is 0 Å². The van der Waals surface area contributed by atoms with Crippen molar-refractivity contribution in [2.45, 2.75) is 33.2 Å². The van der Waals surface area contributed by atoms with E-state index < -0.39 is 6.35 Å². The van der Waals surface area contributed by atoms with Crippen molar-refractivity contribution in [3.8, 4) is 0 Å². The van der Waals surface area contributed by atoms with E-state index in [1.807, 2.05) is 35.1 Å². The molecule has 4 aliphatic rings. The number of rotatable bonds is 5. The molecule has 10 nitrogen and oxygen atoms in total. The molecule has 35 heavy (non-hydrogen) atoms. The monoisotopic (exact) mass is 474 g/mol. The fraction of sp³-hybridized carbons (Fsp3) is 0.440. The van der Waals surface area contributed by atoms with Crippen LogP contribution in [0.5, 0.6) is 0 Å². The van der Waals surface area contributed by atoms with Gasteiger partial charge in [0, 0.05) is 51.0 Å². The summed E-state index contributed by atoms with van der Waals surface area (Å²) in [5.74, 6) is 2.12. The Hall–Kier alpha value is -3.50. The van der Waals surface area contributed by atoms with Gasteiger partial charge in [-0.1, -0.05) is 6.07 Å². The number of fused-ring (bicyclic) bond motifs is 3. The minimum atomic E-state index is -0.824. The number of nitrogens with zero attached hydrogens (tertiary/aromatic N) is 7. The van der Waals surface area contributed by atoms with Crippen molar-refractivity contribution in [2.24, 2.45) is 26.6 Å². The van der Waals surface area contributed by atoms with Crippen molar-refractivity contribution in [3.63, 3.8) is 0 Å². The largest absolute Gasteiger partial charge is 0.461 e. The Morgan fingerprint density at radius 1 is 1.23 bits per heavy atom. The smallest absolute Gasteiger partial charge is 0.209 e. The third-order valence-corrected chi connectivity index (χ3v) is 7.14. The highest BCUT2D eigenvalue weighted by molar-refractivity contribution is 6.22. The van der Waals surface area contributed by atoms with Crippen LogP contribution in [0.1, 0.15) is 29.5 Å². The maximum absolute atomic E-state index is 11.3. The molecule has 0 aliphatic carbocycles. The lowest BCUT2D eigenvalue weighted by molar-refractivity contribution is -0.0544. The molecule has 0 amide bonds. The van der Waals surface area contributed by atoms with Crippen LogP contribution < -0.4 is 5.73 Å². The number of aliphatic hydroxyl groups excluding tert-OH is 1. The molecule has 0 saturated heterocycles. The highest BCUT2D eigenvalue weighted by Gasteiger charge is 2.45. The average molecular weight is 475 g/mol. The van der Waals surface area contributed by atoms with Crippen molar-refractivity contribution >= 4 is 17.4 Å². The molecule has 3 N–H and O–H groups in total. The molecule has 2 aromatic rings. The number of hydrogen-bond donors (Lipinski definition) is 2. The van der Waals surface area contributed by atoms with E-state index in [1.54, 1.807) is 6.26 Å². The summed E-state index contributed by atoms with van der Waals surface area (Å²) in [6, 6.07) is 5.89. The molecule has 6 heterocycles. The standard InChI is InChI=1S/C25H30N8O2/c1-3-32-21-20-17(13-28-23(29-20)19-5-4-10-35-19)22(26)30-24(21)33(25(32)34)9-8-31-7-6-18-16(14-31)11-15(2)12-27-18/h4-5,10-12,17,25,34H,3,6-9,13-14H2,1-2H3,(H2,26,30)/t17-,25?/m0/s1. The number of allylic oxidation sites excluding steroid dienone is 1. The molecule has 1 unspecified atom stereocenters. The van der Waals surface area contributed by atoms with E-state index in [-0.39, 0.29) is 5.92 Å². The van der Waals surface area contributed by atoms with Crippen molar-refractivity contribution in [1.29, 1.82) is 0 Å². The van der Waals surface area contributed by atoms with Gasteiger partial charge in [0.25, 0.3) is 0 Å². The molecular weight excluding hydrogens is 444 g/mol. The Bertz CT molecular complexity index is 1260. The van der Waals surface area contributed by atoms with Crippen LogP contribution in [0.25, 0.3) is 0 Å². The summed E-state index contributed by atoms with van der Waals surface area (Å²) in [4.78, 5) is 25.1. The molecular formula is C25H30N8O2. The molecule has 0 radical (unpaired) electrons. The highest BCUT2D eigenvalue weighted by atomic mass is 16.3. The number of nitrogens with two attached hydrogens (primary N) is 1. The maximum Gasteiger partial charge on any atom is 0.209 e. The van der Waals surface area contributed by atoms with E-state index in [0.29, 0.717) is 42.9 Å². The minimum Gasteiger partial charge on any atom is -0.461 e. The second-order valence-electron chi connectivity index (χ2n) is 9.37. The van der Waals surface area contributed by atoms with Crippen LogP contribution >= 0.6 is 0 Å². The van der Waals surface area contributed by atoms with Gasteiger partial charge in [0.05, 0.1) is 24.4 Å². The number of furan rings is 1. The van der Waals surface area contributed by atoms with Gasteiger partial charge in [-0.3, -0.25) is 14.9 Å². The molecule has 4 aliphatic heterocycles. The number of aromatic nitrogens is 1. The average Bonchev–Trinajstić information content (AvgIpc) is 3.49. The second-order valence-corrected chi connectivity index (χ2v) is 9.37. The van der Waals surface area contributed by atoms with Gasteiger partial charge in [0.1, 0.15) is 11.5 Å². The first-order valence-corrected chi connectivity index (χ1v) is 12.2. The number of pyridine rings is 1. The van der Waals surface area contributed by atoms with Gasteiger partial charge >= 0.3 is 0 Å². The molecule has 0 spiro atoms.